The van der Waals surface area contributed by atoms with Crippen LogP contribution in [0, 0.1) is 17.2 Å². The highest BCUT2D eigenvalue weighted by Crippen LogP contribution is 2.38. The van der Waals surface area contributed by atoms with E-state index in [-0.39, 0.29) is 0 Å². The first-order valence-electron chi connectivity index (χ1n) is 7.66. The standard InChI is InChI=1S/C18H15N5/c19-7-3-4-13-8-15(9-13)23-12-14(10-21-23)18-11-20-16-5-1-2-6-17(16)22-18/h1-6,10-13,15H,8-9H2/b4-3+. The molecule has 0 aliphatic heterocycles. The zero-order chi connectivity index (χ0) is 15.6. The zero-order valence-corrected chi connectivity index (χ0v) is 12.5. The topological polar surface area (TPSA) is 67.4 Å². The summed E-state index contributed by atoms with van der Waals surface area (Å²) in [4.78, 5) is 9.11. The van der Waals surface area contributed by atoms with Crippen LogP contribution in [0.2, 0.25) is 0 Å². The van der Waals surface area contributed by atoms with Crippen molar-refractivity contribution < 1.29 is 0 Å². The molecule has 5 heteroatoms. The first-order valence-corrected chi connectivity index (χ1v) is 7.66. The minimum atomic E-state index is 0.408. The SMILES string of the molecule is N#C/C=C/C1CC(n2cc(-c3cnc4ccccc4n3)cn2)C1. The van der Waals surface area contributed by atoms with Crippen LogP contribution in [-0.4, -0.2) is 19.7 Å². The molecule has 0 spiro atoms. The van der Waals surface area contributed by atoms with E-state index in [0.717, 1.165) is 35.1 Å². The van der Waals surface area contributed by atoms with Gasteiger partial charge < -0.3 is 0 Å². The summed E-state index contributed by atoms with van der Waals surface area (Å²) in [6.45, 7) is 0. The van der Waals surface area contributed by atoms with Gasteiger partial charge in [0.1, 0.15) is 0 Å². The van der Waals surface area contributed by atoms with Gasteiger partial charge in [0.25, 0.3) is 0 Å². The average molecular weight is 301 g/mol. The minimum absolute atomic E-state index is 0.408. The Bertz CT molecular complexity index is 912. The third-order valence-corrected chi connectivity index (χ3v) is 4.31. The second-order valence-electron chi connectivity index (χ2n) is 5.83. The number of rotatable bonds is 3. The van der Waals surface area contributed by atoms with Crippen LogP contribution in [0.4, 0.5) is 0 Å². The number of hydrogen-bond donors (Lipinski definition) is 0. The fourth-order valence-corrected chi connectivity index (χ4v) is 2.95. The van der Waals surface area contributed by atoms with Crippen molar-refractivity contribution in [3.63, 3.8) is 0 Å². The van der Waals surface area contributed by atoms with Crippen molar-refractivity contribution in [2.75, 3.05) is 0 Å². The van der Waals surface area contributed by atoms with Gasteiger partial charge in [-0.2, -0.15) is 10.4 Å². The van der Waals surface area contributed by atoms with Crippen LogP contribution in [0.15, 0.2) is 55.0 Å². The van der Waals surface area contributed by atoms with E-state index >= 15 is 0 Å². The Morgan fingerprint density at radius 3 is 2.83 bits per heavy atom. The van der Waals surface area contributed by atoms with Crippen molar-refractivity contribution in [1.29, 1.82) is 5.26 Å². The number of para-hydroxylation sites is 2. The molecule has 1 aromatic carbocycles. The Kier molecular flexibility index (Phi) is 3.35. The molecule has 4 rings (SSSR count). The van der Waals surface area contributed by atoms with Crippen LogP contribution in [0.25, 0.3) is 22.3 Å². The van der Waals surface area contributed by atoms with E-state index in [2.05, 4.69) is 15.1 Å². The van der Waals surface area contributed by atoms with Crippen molar-refractivity contribution in [2.45, 2.75) is 18.9 Å². The summed E-state index contributed by atoms with van der Waals surface area (Å²) >= 11 is 0. The van der Waals surface area contributed by atoms with Gasteiger partial charge in [-0.25, -0.2) is 4.98 Å². The number of fused-ring (bicyclic) bond motifs is 1. The highest BCUT2D eigenvalue weighted by molar-refractivity contribution is 5.76. The fraction of sp³-hybridized carbons (Fsp3) is 0.222. The molecule has 5 nitrogen and oxygen atoms in total. The highest BCUT2D eigenvalue weighted by Gasteiger charge is 2.29. The Labute approximate surface area is 133 Å². The molecular formula is C18H15N5. The van der Waals surface area contributed by atoms with Gasteiger partial charge in [0.05, 0.1) is 41.2 Å². The van der Waals surface area contributed by atoms with E-state index in [1.165, 1.54) is 0 Å². The molecule has 0 N–H and O–H groups in total. The van der Waals surface area contributed by atoms with Gasteiger partial charge in [0, 0.05) is 17.8 Å². The first-order chi connectivity index (χ1) is 11.3. The molecular weight excluding hydrogens is 286 g/mol. The normalized spacial score (nSPS) is 20.5. The highest BCUT2D eigenvalue weighted by atomic mass is 15.3. The summed E-state index contributed by atoms with van der Waals surface area (Å²) in [6, 6.07) is 10.3. The summed E-state index contributed by atoms with van der Waals surface area (Å²) in [5.41, 5.74) is 3.62. The summed E-state index contributed by atoms with van der Waals surface area (Å²) in [5, 5.41) is 13.0. The predicted octanol–water partition coefficient (Wildman–Crippen LogP) is 3.52. The van der Waals surface area contributed by atoms with Gasteiger partial charge in [-0.05, 0) is 30.9 Å². The summed E-state index contributed by atoms with van der Waals surface area (Å²) < 4.78 is 2.00. The maximum atomic E-state index is 8.56. The van der Waals surface area contributed by atoms with Crippen molar-refractivity contribution in [3.05, 3.63) is 55.0 Å². The lowest BCUT2D eigenvalue weighted by Crippen LogP contribution is -2.25. The van der Waals surface area contributed by atoms with Crippen LogP contribution in [0.5, 0.6) is 0 Å². The van der Waals surface area contributed by atoms with E-state index in [1.807, 2.05) is 53.5 Å². The molecule has 0 amide bonds. The van der Waals surface area contributed by atoms with Gasteiger partial charge in [-0.3, -0.25) is 9.67 Å². The van der Waals surface area contributed by atoms with Gasteiger partial charge in [-0.15, -0.1) is 0 Å². The maximum absolute atomic E-state index is 8.56. The lowest BCUT2D eigenvalue weighted by atomic mass is 9.80. The molecule has 0 unspecified atom stereocenters. The lowest BCUT2D eigenvalue weighted by Gasteiger charge is -2.33. The van der Waals surface area contributed by atoms with Crippen LogP contribution in [0.3, 0.4) is 0 Å². The summed E-state index contributed by atoms with van der Waals surface area (Å²) in [7, 11) is 0. The molecule has 0 radical (unpaired) electrons. The molecule has 1 fully saturated rings. The number of nitrogens with zero attached hydrogens (tertiary/aromatic N) is 5. The quantitative estimate of drug-likeness (QED) is 0.694. The van der Waals surface area contributed by atoms with Crippen molar-refractivity contribution >= 4 is 11.0 Å². The average Bonchev–Trinajstić information content (AvgIpc) is 3.02. The van der Waals surface area contributed by atoms with Gasteiger partial charge >= 0.3 is 0 Å². The number of allylic oxidation sites excluding steroid dienone is 2. The van der Waals surface area contributed by atoms with Gasteiger partial charge in [0.15, 0.2) is 0 Å². The third-order valence-electron chi connectivity index (χ3n) is 4.31. The third kappa shape index (κ3) is 2.59. The van der Waals surface area contributed by atoms with Crippen molar-refractivity contribution in [1.82, 2.24) is 19.7 Å². The van der Waals surface area contributed by atoms with E-state index in [0.29, 0.717) is 12.0 Å². The first kappa shape index (κ1) is 13.6. The molecule has 1 saturated carbocycles. The van der Waals surface area contributed by atoms with E-state index < -0.39 is 0 Å². The van der Waals surface area contributed by atoms with Crippen molar-refractivity contribution in [2.24, 2.45) is 5.92 Å². The lowest BCUT2D eigenvalue weighted by molar-refractivity contribution is 0.224. The van der Waals surface area contributed by atoms with E-state index in [1.54, 1.807) is 12.3 Å². The molecule has 0 bridgehead atoms. The molecule has 0 saturated heterocycles. The summed E-state index contributed by atoms with van der Waals surface area (Å²) in [5.74, 6) is 0.493. The monoisotopic (exact) mass is 301 g/mol. The zero-order valence-electron chi connectivity index (χ0n) is 12.5. The number of aromatic nitrogens is 4. The molecule has 2 aromatic heterocycles. The number of hydrogen-bond acceptors (Lipinski definition) is 4. The van der Waals surface area contributed by atoms with Crippen LogP contribution < -0.4 is 0 Å². The molecule has 112 valence electrons. The minimum Gasteiger partial charge on any atom is -0.269 e. The molecule has 23 heavy (non-hydrogen) atoms. The Hall–Kier alpha value is -3.00. The van der Waals surface area contributed by atoms with Crippen LogP contribution in [0.1, 0.15) is 18.9 Å². The van der Waals surface area contributed by atoms with E-state index in [9.17, 15) is 0 Å². The second kappa shape index (κ2) is 5.65. The Morgan fingerprint density at radius 2 is 2.00 bits per heavy atom. The predicted molar refractivity (Wildman–Crippen MR) is 87.3 cm³/mol. The molecule has 2 heterocycles. The Balaban J connectivity index is 1.54. The molecule has 1 aliphatic carbocycles. The van der Waals surface area contributed by atoms with Gasteiger partial charge in [0.2, 0.25) is 0 Å². The molecule has 0 atom stereocenters. The molecule has 1 aliphatic rings. The Morgan fingerprint density at radius 1 is 1.17 bits per heavy atom. The van der Waals surface area contributed by atoms with Crippen LogP contribution in [-0.2, 0) is 0 Å². The van der Waals surface area contributed by atoms with Gasteiger partial charge in [-0.1, -0.05) is 18.2 Å². The largest absolute Gasteiger partial charge is 0.269 e. The van der Waals surface area contributed by atoms with E-state index in [4.69, 9.17) is 5.26 Å². The number of nitriles is 1. The van der Waals surface area contributed by atoms with Crippen LogP contribution >= 0.6 is 0 Å². The smallest absolute Gasteiger partial charge is 0.0924 e. The second-order valence-corrected chi connectivity index (χ2v) is 5.83. The van der Waals surface area contributed by atoms with Crippen molar-refractivity contribution in [3.8, 4) is 17.3 Å². The fourth-order valence-electron chi connectivity index (χ4n) is 2.95. The molecule has 3 aromatic rings. The summed E-state index contributed by atoms with van der Waals surface area (Å²) in [6.07, 6.45) is 11.3. The number of benzene rings is 1. The maximum Gasteiger partial charge on any atom is 0.0924 e.